The summed E-state index contributed by atoms with van der Waals surface area (Å²) in [5.41, 5.74) is 0. The van der Waals surface area contributed by atoms with Crippen molar-refractivity contribution in [2.24, 2.45) is 5.92 Å². The van der Waals surface area contributed by atoms with Crippen molar-refractivity contribution in [2.45, 2.75) is 38.7 Å². The fraction of sp³-hybridized carbons (Fsp3) is 0.933. The number of piperazine rings is 1. The van der Waals surface area contributed by atoms with Crippen LogP contribution in [0.1, 0.15) is 32.6 Å². The van der Waals surface area contributed by atoms with Gasteiger partial charge in [0, 0.05) is 45.2 Å². The fourth-order valence-corrected chi connectivity index (χ4v) is 3.22. The van der Waals surface area contributed by atoms with E-state index in [-0.39, 0.29) is 18.6 Å². The molecule has 0 aromatic carbocycles. The molecule has 2 unspecified atom stereocenters. The summed E-state index contributed by atoms with van der Waals surface area (Å²) in [5, 5.41) is 8.94. The van der Waals surface area contributed by atoms with Crippen LogP contribution >= 0.6 is 0 Å². The average Bonchev–Trinajstić information content (AvgIpc) is 2.48. The molecule has 0 aromatic heterocycles. The van der Waals surface area contributed by atoms with E-state index in [1.807, 2.05) is 4.90 Å². The standard InChI is InChI=1S/C15H28N2O3/c1-2-3-14-12-13(4-11-20-14)15(19)17-7-5-16(6-8-17)9-10-18/h13-14,18H,2-12H2,1H3. The van der Waals surface area contributed by atoms with Gasteiger partial charge in [-0.15, -0.1) is 0 Å². The molecule has 5 nitrogen and oxygen atoms in total. The Morgan fingerprint density at radius 1 is 1.30 bits per heavy atom. The zero-order chi connectivity index (χ0) is 14.4. The first-order chi connectivity index (χ1) is 9.74. The van der Waals surface area contributed by atoms with Gasteiger partial charge in [-0.05, 0) is 19.3 Å². The van der Waals surface area contributed by atoms with E-state index in [9.17, 15) is 4.79 Å². The van der Waals surface area contributed by atoms with Crippen LogP contribution in [0.2, 0.25) is 0 Å². The molecular formula is C15H28N2O3. The van der Waals surface area contributed by atoms with Gasteiger partial charge >= 0.3 is 0 Å². The number of amides is 1. The lowest BCUT2D eigenvalue weighted by atomic mass is 9.92. The van der Waals surface area contributed by atoms with E-state index >= 15 is 0 Å². The van der Waals surface area contributed by atoms with Gasteiger partial charge < -0.3 is 14.7 Å². The third-order valence-electron chi connectivity index (χ3n) is 4.43. The van der Waals surface area contributed by atoms with Crippen LogP contribution in [0.5, 0.6) is 0 Å². The van der Waals surface area contributed by atoms with Crippen molar-refractivity contribution in [2.75, 3.05) is 45.9 Å². The van der Waals surface area contributed by atoms with Crippen molar-refractivity contribution in [1.29, 1.82) is 0 Å². The minimum Gasteiger partial charge on any atom is -0.395 e. The molecule has 116 valence electrons. The molecule has 20 heavy (non-hydrogen) atoms. The number of β-amino-alcohol motifs (C(OH)–C–C–N with tert-alkyl or cyclic N) is 1. The van der Waals surface area contributed by atoms with Gasteiger partial charge in [-0.1, -0.05) is 13.3 Å². The van der Waals surface area contributed by atoms with Crippen LogP contribution in [0.4, 0.5) is 0 Å². The molecule has 2 saturated heterocycles. The van der Waals surface area contributed by atoms with Crippen LogP contribution in [0.3, 0.4) is 0 Å². The highest BCUT2D eigenvalue weighted by atomic mass is 16.5. The van der Waals surface area contributed by atoms with Crippen molar-refractivity contribution < 1.29 is 14.6 Å². The van der Waals surface area contributed by atoms with Gasteiger partial charge in [0.2, 0.25) is 5.91 Å². The predicted octanol–water partition coefficient (Wildman–Crippen LogP) is 0.718. The van der Waals surface area contributed by atoms with Gasteiger partial charge in [0.05, 0.1) is 12.7 Å². The molecule has 0 radical (unpaired) electrons. The summed E-state index contributed by atoms with van der Waals surface area (Å²) in [4.78, 5) is 16.8. The van der Waals surface area contributed by atoms with Crippen LogP contribution in [-0.4, -0.2) is 72.9 Å². The van der Waals surface area contributed by atoms with Crippen LogP contribution in [0.15, 0.2) is 0 Å². The molecule has 5 heteroatoms. The molecule has 2 aliphatic rings. The summed E-state index contributed by atoms with van der Waals surface area (Å²) in [5.74, 6) is 0.475. The van der Waals surface area contributed by atoms with Crippen molar-refractivity contribution in [3.05, 3.63) is 0 Å². The molecule has 2 aliphatic heterocycles. The SMILES string of the molecule is CCCC1CC(C(=O)N2CCN(CCO)CC2)CCO1. The lowest BCUT2D eigenvalue weighted by molar-refractivity contribution is -0.142. The third kappa shape index (κ3) is 4.17. The van der Waals surface area contributed by atoms with E-state index in [2.05, 4.69) is 11.8 Å². The van der Waals surface area contributed by atoms with Crippen LogP contribution in [0.25, 0.3) is 0 Å². The summed E-state index contributed by atoms with van der Waals surface area (Å²) in [6.07, 6.45) is 4.22. The highest BCUT2D eigenvalue weighted by molar-refractivity contribution is 5.79. The van der Waals surface area contributed by atoms with Gasteiger partial charge in [-0.3, -0.25) is 9.69 Å². The summed E-state index contributed by atoms with van der Waals surface area (Å²) < 4.78 is 5.73. The number of hydrogen-bond donors (Lipinski definition) is 1. The Hall–Kier alpha value is -0.650. The molecule has 0 spiro atoms. The first-order valence-corrected chi connectivity index (χ1v) is 7.98. The molecule has 0 bridgehead atoms. The topological polar surface area (TPSA) is 53.0 Å². The molecule has 0 aliphatic carbocycles. The second-order valence-electron chi connectivity index (χ2n) is 5.89. The lowest BCUT2D eigenvalue weighted by Gasteiger charge is -2.38. The quantitative estimate of drug-likeness (QED) is 0.808. The number of carbonyl (C=O) groups is 1. The maximum absolute atomic E-state index is 12.6. The Kier molecular flexibility index (Phi) is 6.26. The lowest BCUT2D eigenvalue weighted by Crippen LogP contribution is -2.51. The first-order valence-electron chi connectivity index (χ1n) is 7.98. The zero-order valence-electron chi connectivity index (χ0n) is 12.6. The van der Waals surface area contributed by atoms with E-state index in [4.69, 9.17) is 9.84 Å². The van der Waals surface area contributed by atoms with Crippen molar-refractivity contribution >= 4 is 5.91 Å². The summed E-state index contributed by atoms with van der Waals surface area (Å²) in [6, 6.07) is 0. The van der Waals surface area contributed by atoms with E-state index in [1.54, 1.807) is 0 Å². The minimum absolute atomic E-state index is 0.157. The maximum Gasteiger partial charge on any atom is 0.225 e. The van der Waals surface area contributed by atoms with Crippen molar-refractivity contribution in [3.8, 4) is 0 Å². The van der Waals surface area contributed by atoms with Crippen LogP contribution < -0.4 is 0 Å². The number of aliphatic hydroxyl groups excluding tert-OH is 1. The second-order valence-corrected chi connectivity index (χ2v) is 5.89. The highest BCUT2D eigenvalue weighted by Gasteiger charge is 2.31. The number of aliphatic hydroxyl groups is 1. The normalized spacial score (nSPS) is 28.6. The molecule has 0 aromatic rings. The second kappa shape index (κ2) is 7.96. The number of carbonyl (C=O) groups excluding carboxylic acids is 1. The molecule has 2 rings (SSSR count). The summed E-state index contributed by atoms with van der Waals surface area (Å²) >= 11 is 0. The Morgan fingerprint density at radius 2 is 2.05 bits per heavy atom. The minimum atomic E-state index is 0.157. The highest BCUT2D eigenvalue weighted by Crippen LogP contribution is 2.25. The van der Waals surface area contributed by atoms with Gasteiger partial charge in [0.25, 0.3) is 0 Å². The Balaban J connectivity index is 1.79. The average molecular weight is 284 g/mol. The molecule has 2 fully saturated rings. The maximum atomic E-state index is 12.6. The smallest absolute Gasteiger partial charge is 0.225 e. The summed E-state index contributed by atoms with van der Waals surface area (Å²) in [6.45, 7) is 7.18. The van der Waals surface area contributed by atoms with Gasteiger partial charge in [0.15, 0.2) is 0 Å². The molecule has 1 amide bonds. The predicted molar refractivity (Wildman–Crippen MR) is 77.5 cm³/mol. The number of rotatable bonds is 5. The first kappa shape index (κ1) is 15.7. The van der Waals surface area contributed by atoms with E-state index < -0.39 is 0 Å². The summed E-state index contributed by atoms with van der Waals surface area (Å²) in [7, 11) is 0. The van der Waals surface area contributed by atoms with E-state index in [0.717, 1.165) is 65.0 Å². The number of ether oxygens (including phenoxy) is 1. The van der Waals surface area contributed by atoms with Gasteiger partial charge in [0.1, 0.15) is 0 Å². The van der Waals surface area contributed by atoms with Crippen molar-refractivity contribution in [1.82, 2.24) is 9.80 Å². The third-order valence-corrected chi connectivity index (χ3v) is 4.43. The van der Waals surface area contributed by atoms with E-state index in [0.29, 0.717) is 5.91 Å². The van der Waals surface area contributed by atoms with Gasteiger partial charge in [-0.25, -0.2) is 0 Å². The Labute approximate surface area is 121 Å². The van der Waals surface area contributed by atoms with Crippen LogP contribution in [0, 0.1) is 5.92 Å². The molecule has 2 atom stereocenters. The molecular weight excluding hydrogens is 256 g/mol. The van der Waals surface area contributed by atoms with Gasteiger partial charge in [-0.2, -0.15) is 0 Å². The molecule has 0 saturated carbocycles. The number of nitrogens with zero attached hydrogens (tertiary/aromatic N) is 2. The number of hydrogen-bond acceptors (Lipinski definition) is 4. The Bertz CT molecular complexity index is 301. The zero-order valence-corrected chi connectivity index (χ0v) is 12.6. The molecule has 1 N–H and O–H groups in total. The van der Waals surface area contributed by atoms with E-state index in [1.165, 1.54) is 0 Å². The van der Waals surface area contributed by atoms with Crippen LogP contribution in [-0.2, 0) is 9.53 Å². The monoisotopic (exact) mass is 284 g/mol. The largest absolute Gasteiger partial charge is 0.395 e. The molecule has 2 heterocycles. The fourth-order valence-electron chi connectivity index (χ4n) is 3.22. The van der Waals surface area contributed by atoms with Crippen molar-refractivity contribution in [3.63, 3.8) is 0 Å². The Morgan fingerprint density at radius 3 is 2.70 bits per heavy atom.